The summed E-state index contributed by atoms with van der Waals surface area (Å²) in [4.78, 5) is 24.3. The van der Waals surface area contributed by atoms with Crippen LogP contribution in [0.2, 0.25) is 0 Å². The van der Waals surface area contributed by atoms with Crippen molar-refractivity contribution < 1.29 is 19.4 Å². The zero-order valence-electron chi connectivity index (χ0n) is 28.8. The molecule has 4 aliphatic carbocycles. The Morgan fingerprint density at radius 1 is 0.953 bits per heavy atom. The van der Waals surface area contributed by atoms with Crippen LogP contribution in [0.5, 0.6) is 0 Å². The van der Waals surface area contributed by atoms with Gasteiger partial charge in [0, 0.05) is 11.0 Å². The van der Waals surface area contributed by atoms with Crippen molar-refractivity contribution in [2.45, 2.75) is 162 Å². The molecule has 2 saturated carbocycles. The molecule has 5 nitrogen and oxygen atoms in total. The van der Waals surface area contributed by atoms with Crippen molar-refractivity contribution in [1.82, 2.24) is 0 Å². The maximum absolute atomic E-state index is 13.1. The zero-order valence-corrected chi connectivity index (χ0v) is 30.4. The fraction of sp³-hybridized carbons (Fsp3) is 0.889. The number of hydrogen-bond donors (Lipinski definition) is 2. The lowest BCUT2D eigenvalue weighted by molar-refractivity contribution is -0.168. The third-order valence-electron chi connectivity index (χ3n) is 13.2. The molecule has 3 unspecified atom stereocenters. The summed E-state index contributed by atoms with van der Waals surface area (Å²) in [7, 11) is 2.54. The molecule has 246 valence electrons. The third-order valence-corrected chi connectivity index (χ3v) is 16.4. The van der Waals surface area contributed by atoms with E-state index in [2.05, 4.69) is 55.4 Å². The van der Waals surface area contributed by atoms with Gasteiger partial charge in [-0.15, -0.1) is 0 Å². The molecule has 4 aliphatic rings. The van der Waals surface area contributed by atoms with Gasteiger partial charge in [0.25, 0.3) is 0 Å². The standard InChI is InChI=1S/C36H61NO4S2/c1-22(12-11-18-32(4,5)37)25-15-20-36(10)27-13-14-28-33(6,7)29(41-31(40)24(3)43-42-23(2)30(38)39)17-19-34(28,8)26(27)16-21-35(25,36)9/h22-25,28-29H,11-21,37H2,1-10H3,(H,38,39)/t22-,23?,24?,25-,28+,29?,34-,35-,36+/m1/s1. The Balaban J connectivity index is 1.49. The van der Waals surface area contributed by atoms with Gasteiger partial charge in [-0.2, -0.15) is 0 Å². The highest BCUT2D eigenvalue weighted by Crippen LogP contribution is 2.72. The summed E-state index contributed by atoms with van der Waals surface area (Å²) in [5, 5.41) is 8.24. The van der Waals surface area contributed by atoms with Gasteiger partial charge in [-0.1, -0.05) is 87.1 Å². The monoisotopic (exact) mass is 635 g/mol. The molecule has 0 aliphatic heterocycles. The molecule has 0 aromatic heterocycles. The van der Waals surface area contributed by atoms with Crippen LogP contribution in [0, 0.1) is 39.4 Å². The van der Waals surface area contributed by atoms with Crippen molar-refractivity contribution in [3.05, 3.63) is 11.1 Å². The van der Waals surface area contributed by atoms with E-state index in [-0.39, 0.29) is 33.9 Å². The number of carboxylic acids is 1. The van der Waals surface area contributed by atoms with E-state index in [1.165, 1.54) is 73.0 Å². The minimum Gasteiger partial charge on any atom is -0.480 e. The number of hydrogen-bond acceptors (Lipinski definition) is 6. The minimum absolute atomic E-state index is 0.0749. The van der Waals surface area contributed by atoms with Gasteiger partial charge < -0.3 is 15.6 Å². The molecular formula is C36H61NO4S2. The van der Waals surface area contributed by atoms with E-state index in [0.29, 0.717) is 11.3 Å². The topological polar surface area (TPSA) is 89.6 Å². The second-order valence-corrected chi connectivity index (χ2v) is 19.8. The number of esters is 1. The summed E-state index contributed by atoms with van der Waals surface area (Å²) in [6.07, 6.45) is 13.0. The van der Waals surface area contributed by atoms with Crippen molar-refractivity contribution in [2.24, 2.45) is 45.1 Å². The van der Waals surface area contributed by atoms with E-state index in [1.54, 1.807) is 18.1 Å². The highest BCUT2D eigenvalue weighted by atomic mass is 33.1. The molecule has 9 atom stereocenters. The summed E-state index contributed by atoms with van der Waals surface area (Å²) in [6, 6.07) is 0. The number of carbonyl (C=O) groups excluding carboxylic acids is 1. The first-order valence-electron chi connectivity index (χ1n) is 17.1. The molecular weight excluding hydrogens is 575 g/mol. The number of allylic oxidation sites excluding steroid dienone is 2. The number of aliphatic carboxylic acids is 1. The normalized spacial score (nSPS) is 37.5. The predicted molar refractivity (Wildman–Crippen MR) is 182 cm³/mol. The Kier molecular flexibility index (Phi) is 10.2. The van der Waals surface area contributed by atoms with Gasteiger partial charge in [0.15, 0.2) is 0 Å². The molecule has 0 aromatic carbocycles. The van der Waals surface area contributed by atoms with Gasteiger partial charge in [0.05, 0.1) is 0 Å². The Bertz CT molecular complexity index is 1100. The maximum Gasteiger partial charge on any atom is 0.319 e. The van der Waals surface area contributed by atoms with E-state index < -0.39 is 16.5 Å². The summed E-state index contributed by atoms with van der Waals surface area (Å²) in [5.74, 6) is 0.926. The Morgan fingerprint density at radius 3 is 2.23 bits per heavy atom. The van der Waals surface area contributed by atoms with E-state index in [9.17, 15) is 14.7 Å². The largest absolute Gasteiger partial charge is 0.480 e. The number of fused-ring (bicyclic) bond motifs is 4. The van der Waals surface area contributed by atoms with Gasteiger partial charge in [0.2, 0.25) is 0 Å². The van der Waals surface area contributed by atoms with E-state index in [4.69, 9.17) is 10.5 Å². The molecule has 7 heteroatoms. The second kappa shape index (κ2) is 12.5. The van der Waals surface area contributed by atoms with E-state index >= 15 is 0 Å². The summed E-state index contributed by atoms with van der Waals surface area (Å²) < 4.78 is 6.25. The van der Waals surface area contributed by atoms with Crippen LogP contribution in [0.15, 0.2) is 11.1 Å². The van der Waals surface area contributed by atoms with Crippen LogP contribution >= 0.6 is 21.6 Å². The molecule has 43 heavy (non-hydrogen) atoms. The fourth-order valence-electron chi connectivity index (χ4n) is 10.4. The summed E-state index contributed by atoms with van der Waals surface area (Å²) >= 11 is 0. The first-order chi connectivity index (χ1) is 19.8. The second-order valence-electron chi connectivity index (χ2n) is 16.8. The highest BCUT2D eigenvalue weighted by molar-refractivity contribution is 8.77. The maximum atomic E-state index is 13.1. The SMILES string of the molecule is CC(SSC(C)C(=O)OC1CC[C@]2(C)C3=C(CC[C@H]2C1(C)C)[C@]1(C)CC[C@H]([C@H](C)CCCC(C)(C)N)[C@@]1(C)CC3)C(=O)O. The quantitative estimate of drug-likeness (QED) is 0.133. The lowest BCUT2D eigenvalue weighted by atomic mass is 9.43. The smallest absolute Gasteiger partial charge is 0.319 e. The lowest BCUT2D eigenvalue weighted by Crippen LogP contribution is -2.56. The number of carboxylic acid groups (broad SMARTS) is 1. The van der Waals surface area contributed by atoms with E-state index in [0.717, 1.165) is 31.1 Å². The fourth-order valence-corrected chi connectivity index (χ4v) is 12.4. The number of ether oxygens (including phenoxy) is 1. The first-order valence-corrected chi connectivity index (χ1v) is 19.3. The van der Waals surface area contributed by atoms with Crippen molar-refractivity contribution in [2.75, 3.05) is 0 Å². The molecule has 4 rings (SSSR count). The Hall–Kier alpha value is -0.660. The van der Waals surface area contributed by atoms with Crippen LogP contribution in [-0.4, -0.2) is 39.2 Å². The van der Waals surface area contributed by atoms with Crippen molar-refractivity contribution in [3.8, 4) is 0 Å². The summed E-state index contributed by atoms with van der Waals surface area (Å²) in [6.45, 7) is 22.8. The van der Waals surface area contributed by atoms with Crippen molar-refractivity contribution >= 4 is 33.5 Å². The van der Waals surface area contributed by atoms with Gasteiger partial charge in [0.1, 0.15) is 16.6 Å². The molecule has 0 radical (unpaired) electrons. The van der Waals surface area contributed by atoms with Crippen LogP contribution < -0.4 is 5.73 Å². The van der Waals surface area contributed by atoms with Crippen LogP contribution in [-0.2, 0) is 14.3 Å². The van der Waals surface area contributed by atoms with Gasteiger partial charge in [-0.3, -0.25) is 9.59 Å². The summed E-state index contributed by atoms with van der Waals surface area (Å²) in [5.41, 5.74) is 10.5. The predicted octanol–water partition coefficient (Wildman–Crippen LogP) is 9.43. The molecule has 0 spiro atoms. The van der Waals surface area contributed by atoms with Gasteiger partial charge >= 0.3 is 11.9 Å². The minimum atomic E-state index is -0.858. The Labute approximate surface area is 270 Å². The molecule has 3 N–H and O–H groups in total. The van der Waals surface area contributed by atoms with Crippen LogP contribution in [0.3, 0.4) is 0 Å². The van der Waals surface area contributed by atoms with E-state index in [1.807, 2.05) is 6.92 Å². The lowest BCUT2D eigenvalue weighted by Gasteiger charge is -2.62. The highest BCUT2D eigenvalue weighted by Gasteiger charge is 2.63. The van der Waals surface area contributed by atoms with Gasteiger partial charge in [-0.25, -0.2) is 0 Å². The number of nitrogens with two attached hydrogens (primary N) is 1. The van der Waals surface area contributed by atoms with Gasteiger partial charge in [-0.05, 0) is 119 Å². The average molecular weight is 636 g/mol. The molecule has 2 fully saturated rings. The average Bonchev–Trinajstić information content (AvgIpc) is 3.19. The van der Waals surface area contributed by atoms with Crippen molar-refractivity contribution in [3.63, 3.8) is 0 Å². The molecule has 0 aromatic rings. The number of carbonyl (C=O) groups is 2. The molecule has 0 heterocycles. The number of rotatable bonds is 11. The molecule has 0 amide bonds. The molecule has 0 saturated heterocycles. The zero-order chi connectivity index (χ0) is 32.2. The molecule has 0 bridgehead atoms. The van der Waals surface area contributed by atoms with Crippen molar-refractivity contribution in [1.29, 1.82) is 0 Å². The van der Waals surface area contributed by atoms with Crippen LogP contribution in [0.4, 0.5) is 0 Å². The third kappa shape index (κ3) is 6.48. The first kappa shape index (κ1) is 35.2. The Morgan fingerprint density at radius 2 is 1.60 bits per heavy atom. The van der Waals surface area contributed by atoms with Crippen LogP contribution in [0.25, 0.3) is 0 Å². The van der Waals surface area contributed by atoms with Crippen LogP contribution in [0.1, 0.15) is 140 Å².